The van der Waals surface area contributed by atoms with Crippen LogP contribution >= 0.6 is 0 Å². The van der Waals surface area contributed by atoms with Crippen LogP contribution in [-0.4, -0.2) is 49.7 Å². The molecule has 2 aliphatic rings. The van der Waals surface area contributed by atoms with Gasteiger partial charge in [0.2, 0.25) is 15.9 Å². The summed E-state index contributed by atoms with van der Waals surface area (Å²) in [6.07, 6.45) is 4.84. The Morgan fingerprint density at radius 1 is 0.957 bits per heavy atom. The molecule has 0 aromatic heterocycles. The van der Waals surface area contributed by atoms with E-state index in [1.807, 2.05) is 4.90 Å². The van der Waals surface area contributed by atoms with Crippen molar-refractivity contribution in [3.8, 4) is 0 Å². The van der Waals surface area contributed by atoms with E-state index in [4.69, 9.17) is 0 Å². The van der Waals surface area contributed by atoms with Crippen LogP contribution in [0, 0.1) is 5.92 Å². The molecule has 6 heteroatoms. The monoisotopic (exact) mass is 336 g/mol. The average molecular weight is 336 g/mol. The maximum absolute atomic E-state index is 12.7. The van der Waals surface area contributed by atoms with Crippen molar-refractivity contribution in [2.75, 3.05) is 26.2 Å². The van der Waals surface area contributed by atoms with E-state index in [-0.39, 0.29) is 11.8 Å². The number of benzene rings is 1. The Kier molecular flexibility index (Phi) is 5.02. The summed E-state index contributed by atoms with van der Waals surface area (Å²) in [6, 6.07) is 8.50. The lowest BCUT2D eigenvalue weighted by atomic mass is 9.97. The summed E-state index contributed by atoms with van der Waals surface area (Å²) in [5, 5.41) is 0. The van der Waals surface area contributed by atoms with Crippen LogP contribution in [0.4, 0.5) is 0 Å². The van der Waals surface area contributed by atoms with Gasteiger partial charge in [0.25, 0.3) is 0 Å². The van der Waals surface area contributed by atoms with Crippen LogP contribution in [0.1, 0.15) is 32.1 Å². The molecule has 1 amide bonds. The number of carbonyl (C=O) groups is 1. The lowest BCUT2D eigenvalue weighted by Crippen LogP contribution is -2.47. The van der Waals surface area contributed by atoms with E-state index in [2.05, 4.69) is 0 Å². The molecule has 0 unspecified atom stereocenters. The van der Waals surface area contributed by atoms with Gasteiger partial charge in [-0.3, -0.25) is 4.79 Å². The molecule has 2 saturated heterocycles. The van der Waals surface area contributed by atoms with Gasteiger partial charge in [0.1, 0.15) is 0 Å². The zero-order valence-corrected chi connectivity index (χ0v) is 14.2. The molecule has 3 rings (SSSR count). The van der Waals surface area contributed by atoms with Crippen molar-refractivity contribution >= 4 is 15.9 Å². The highest BCUT2D eigenvalue weighted by Crippen LogP contribution is 2.25. The fourth-order valence-electron chi connectivity index (χ4n) is 3.48. The molecule has 2 heterocycles. The van der Waals surface area contributed by atoms with E-state index in [9.17, 15) is 13.2 Å². The van der Waals surface area contributed by atoms with Crippen LogP contribution in [0.5, 0.6) is 0 Å². The standard InChI is InChI=1S/C17H24N2O3S/c20-17(18-11-5-2-6-12-18)15-8-7-13-19(14-15)23(21,22)16-9-3-1-4-10-16/h1,3-4,9-10,15H,2,5-8,11-14H2/t15-/m1/s1. The molecule has 0 aliphatic carbocycles. The number of carbonyl (C=O) groups excluding carboxylic acids is 1. The molecule has 0 N–H and O–H groups in total. The predicted molar refractivity (Wildman–Crippen MR) is 88.4 cm³/mol. The molecule has 2 fully saturated rings. The van der Waals surface area contributed by atoms with Crippen molar-refractivity contribution in [1.82, 2.24) is 9.21 Å². The summed E-state index contributed by atoms with van der Waals surface area (Å²) >= 11 is 0. The average Bonchev–Trinajstić information content (AvgIpc) is 2.62. The first-order valence-electron chi connectivity index (χ1n) is 8.43. The number of hydrogen-bond donors (Lipinski definition) is 0. The van der Waals surface area contributed by atoms with Crippen molar-refractivity contribution in [3.05, 3.63) is 30.3 Å². The van der Waals surface area contributed by atoms with Crippen molar-refractivity contribution in [2.45, 2.75) is 37.0 Å². The van der Waals surface area contributed by atoms with Crippen LogP contribution in [0.25, 0.3) is 0 Å². The first-order chi connectivity index (χ1) is 11.1. The van der Waals surface area contributed by atoms with Gasteiger partial charge < -0.3 is 4.90 Å². The molecule has 0 saturated carbocycles. The maximum atomic E-state index is 12.7. The third-order valence-corrected chi connectivity index (χ3v) is 6.66. The van der Waals surface area contributed by atoms with Gasteiger partial charge in [-0.1, -0.05) is 18.2 Å². The highest BCUT2D eigenvalue weighted by Gasteiger charge is 2.35. The Morgan fingerprint density at radius 2 is 1.65 bits per heavy atom. The molecule has 0 bridgehead atoms. The van der Waals surface area contributed by atoms with E-state index in [1.165, 1.54) is 10.7 Å². The van der Waals surface area contributed by atoms with Gasteiger partial charge in [-0.25, -0.2) is 8.42 Å². The van der Waals surface area contributed by atoms with Gasteiger partial charge in [0.05, 0.1) is 10.8 Å². The molecule has 0 spiro atoms. The first-order valence-corrected chi connectivity index (χ1v) is 9.87. The summed E-state index contributed by atoms with van der Waals surface area (Å²) in [4.78, 5) is 14.9. The second-order valence-corrected chi connectivity index (χ2v) is 8.34. The molecule has 2 aliphatic heterocycles. The molecule has 1 atom stereocenters. The molecule has 23 heavy (non-hydrogen) atoms. The molecule has 5 nitrogen and oxygen atoms in total. The lowest BCUT2D eigenvalue weighted by Gasteiger charge is -2.35. The van der Waals surface area contributed by atoms with Crippen LogP contribution in [0.2, 0.25) is 0 Å². The highest BCUT2D eigenvalue weighted by molar-refractivity contribution is 7.89. The van der Waals surface area contributed by atoms with E-state index in [0.29, 0.717) is 18.0 Å². The first kappa shape index (κ1) is 16.5. The number of rotatable bonds is 3. The SMILES string of the molecule is O=C([C@@H]1CCCN(S(=O)(=O)c2ccccc2)C1)N1CCCCC1. The van der Waals surface area contributed by atoms with Crippen molar-refractivity contribution in [1.29, 1.82) is 0 Å². The third kappa shape index (κ3) is 3.58. The lowest BCUT2D eigenvalue weighted by molar-refractivity contribution is -0.137. The van der Waals surface area contributed by atoms with Crippen LogP contribution in [0.15, 0.2) is 35.2 Å². The Labute approximate surface area is 138 Å². The van der Waals surface area contributed by atoms with Gasteiger partial charge >= 0.3 is 0 Å². The zero-order chi connectivity index (χ0) is 16.3. The van der Waals surface area contributed by atoms with Gasteiger partial charge in [0.15, 0.2) is 0 Å². The van der Waals surface area contributed by atoms with Crippen LogP contribution < -0.4 is 0 Å². The van der Waals surface area contributed by atoms with Gasteiger partial charge in [0, 0.05) is 26.2 Å². The number of sulfonamides is 1. The Bertz CT molecular complexity index is 639. The number of amides is 1. The molecule has 1 aromatic rings. The predicted octanol–water partition coefficient (Wildman–Crippen LogP) is 2.10. The van der Waals surface area contributed by atoms with E-state index < -0.39 is 10.0 Å². The van der Waals surface area contributed by atoms with Gasteiger partial charge in [-0.2, -0.15) is 4.31 Å². The Hall–Kier alpha value is -1.40. The molecule has 126 valence electrons. The summed E-state index contributed by atoms with van der Waals surface area (Å²) < 4.78 is 26.9. The second-order valence-electron chi connectivity index (χ2n) is 6.40. The minimum atomic E-state index is -3.50. The molecule has 0 radical (unpaired) electrons. The van der Waals surface area contributed by atoms with E-state index >= 15 is 0 Å². The minimum absolute atomic E-state index is 0.137. The molecule has 1 aromatic carbocycles. The largest absolute Gasteiger partial charge is 0.342 e. The normalized spacial score (nSPS) is 23.7. The van der Waals surface area contributed by atoms with Gasteiger partial charge in [-0.05, 0) is 44.2 Å². The van der Waals surface area contributed by atoms with Crippen molar-refractivity contribution in [3.63, 3.8) is 0 Å². The third-order valence-electron chi connectivity index (χ3n) is 4.78. The molecular weight excluding hydrogens is 312 g/mol. The summed E-state index contributed by atoms with van der Waals surface area (Å²) in [5.74, 6) is -0.0574. The van der Waals surface area contributed by atoms with Crippen molar-refractivity contribution in [2.24, 2.45) is 5.92 Å². The second kappa shape index (κ2) is 7.01. The molecular formula is C17H24N2O3S. The Balaban J connectivity index is 1.72. The quantitative estimate of drug-likeness (QED) is 0.849. The zero-order valence-electron chi connectivity index (χ0n) is 13.4. The number of likely N-dealkylation sites (tertiary alicyclic amines) is 1. The Morgan fingerprint density at radius 3 is 2.35 bits per heavy atom. The maximum Gasteiger partial charge on any atom is 0.243 e. The minimum Gasteiger partial charge on any atom is -0.342 e. The fraction of sp³-hybridized carbons (Fsp3) is 0.588. The van der Waals surface area contributed by atoms with Gasteiger partial charge in [-0.15, -0.1) is 0 Å². The van der Waals surface area contributed by atoms with Crippen molar-refractivity contribution < 1.29 is 13.2 Å². The van der Waals surface area contributed by atoms with E-state index in [1.54, 1.807) is 30.3 Å². The number of piperidine rings is 2. The summed E-state index contributed by atoms with van der Waals surface area (Å²) in [5.41, 5.74) is 0. The van der Waals surface area contributed by atoms with Crippen LogP contribution in [0.3, 0.4) is 0 Å². The number of nitrogens with zero attached hydrogens (tertiary/aromatic N) is 2. The highest BCUT2D eigenvalue weighted by atomic mass is 32.2. The summed E-state index contributed by atoms with van der Waals surface area (Å²) in [7, 11) is -3.50. The fourth-order valence-corrected chi connectivity index (χ4v) is 5.02. The summed E-state index contributed by atoms with van der Waals surface area (Å²) in [6.45, 7) is 2.45. The van der Waals surface area contributed by atoms with Crippen LogP contribution in [-0.2, 0) is 14.8 Å². The van der Waals surface area contributed by atoms with E-state index in [0.717, 1.165) is 38.8 Å². The smallest absolute Gasteiger partial charge is 0.243 e. The topological polar surface area (TPSA) is 57.7 Å². The number of hydrogen-bond acceptors (Lipinski definition) is 3.